The molecular weight excluding hydrogens is 507 g/mol. The van der Waals surface area contributed by atoms with Gasteiger partial charge in [-0.15, -0.1) is 35.3 Å². The van der Waals surface area contributed by atoms with Crippen molar-refractivity contribution in [3.05, 3.63) is 50.7 Å². The lowest BCUT2D eigenvalue weighted by atomic mass is 10.2. The number of thiazole rings is 1. The molecule has 0 aliphatic heterocycles. The van der Waals surface area contributed by atoms with Crippen molar-refractivity contribution < 1.29 is 17.6 Å². The molecule has 1 aromatic heterocycles. The molecule has 0 saturated heterocycles. The predicted molar refractivity (Wildman–Crippen MR) is 106 cm³/mol. The van der Waals surface area contributed by atoms with Crippen LogP contribution < -0.4 is 10.6 Å². The topological polar surface area (TPSA) is 49.3 Å². The van der Waals surface area contributed by atoms with E-state index in [0.717, 1.165) is 22.3 Å². The largest absolute Gasteiger partial charge is 0.434 e. The van der Waals surface area contributed by atoms with Crippen molar-refractivity contribution in [2.45, 2.75) is 19.1 Å². The van der Waals surface area contributed by atoms with Gasteiger partial charge in [0.2, 0.25) is 0 Å². The van der Waals surface area contributed by atoms with Gasteiger partial charge in [0.1, 0.15) is 5.82 Å². The van der Waals surface area contributed by atoms with Gasteiger partial charge in [-0.3, -0.25) is 4.99 Å². The molecule has 0 aliphatic carbocycles. The number of benzene rings is 1. The molecule has 0 amide bonds. The van der Waals surface area contributed by atoms with E-state index in [9.17, 15) is 17.6 Å². The van der Waals surface area contributed by atoms with Crippen LogP contribution in [0.25, 0.3) is 0 Å². The number of hydrogen-bond acceptors (Lipinski definition) is 3. The lowest BCUT2D eigenvalue weighted by Crippen LogP contribution is -2.37. The summed E-state index contributed by atoms with van der Waals surface area (Å²) in [6.07, 6.45) is -4.08. The van der Waals surface area contributed by atoms with Gasteiger partial charge in [0.05, 0.1) is 10.0 Å². The average Bonchev–Trinajstić information content (AvgIpc) is 3.03. The van der Waals surface area contributed by atoms with Crippen LogP contribution in [0.1, 0.15) is 16.3 Å². The van der Waals surface area contributed by atoms with Gasteiger partial charge in [0.15, 0.2) is 11.7 Å². The van der Waals surface area contributed by atoms with Gasteiger partial charge < -0.3 is 10.6 Å². The van der Waals surface area contributed by atoms with Crippen LogP contribution >= 0.6 is 46.9 Å². The lowest BCUT2D eigenvalue weighted by molar-refractivity contribution is -0.140. The van der Waals surface area contributed by atoms with Crippen molar-refractivity contribution in [2.24, 2.45) is 4.99 Å². The van der Waals surface area contributed by atoms with E-state index in [1.807, 2.05) is 0 Å². The number of hydrogen-bond donors (Lipinski definition) is 2. The highest BCUT2D eigenvalue weighted by Crippen LogP contribution is 2.30. The third-order valence-corrected chi connectivity index (χ3v) is 4.34. The van der Waals surface area contributed by atoms with E-state index in [2.05, 4.69) is 20.6 Å². The summed E-state index contributed by atoms with van der Waals surface area (Å²) in [5.41, 5.74) is -0.104. The van der Waals surface area contributed by atoms with Crippen LogP contribution in [0.3, 0.4) is 0 Å². The Kier molecular flexibility index (Phi) is 9.04. The van der Waals surface area contributed by atoms with E-state index in [1.54, 1.807) is 13.1 Å². The fraction of sp³-hybridized carbons (Fsp3) is 0.333. The Balaban J connectivity index is 0.00000338. The zero-order valence-corrected chi connectivity index (χ0v) is 17.4. The first-order valence-electron chi connectivity index (χ1n) is 7.19. The molecule has 0 saturated carbocycles. The summed E-state index contributed by atoms with van der Waals surface area (Å²) < 4.78 is 50.6. The highest BCUT2D eigenvalue weighted by molar-refractivity contribution is 14.0. The van der Waals surface area contributed by atoms with Crippen LogP contribution in [-0.4, -0.2) is 24.5 Å². The molecule has 26 heavy (non-hydrogen) atoms. The second kappa shape index (κ2) is 10.3. The number of aliphatic imine (C=N–C) groups is 1. The van der Waals surface area contributed by atoms with Gasteiger partial charge in [-0.2, -0.15) is 13.2 Å². The molecule has 1 aromatic carbocycles. The van der Waals surface area contributed by atoms with E-state index in [1.165, 1.54) is 12.1 Å². The molecule has 0 fully saturated rings. The van der Waals surface area contributed by atoms with Crippen LogP contribution in [0, 0.1) is 5.82 Å². The van der Waals surface area contributed by atoms with Crippen molar-refractivity contribution >= 4 is 52.9 Å². The Hall–Kier alpha value is -1.14. The Labute approximate surface area is 174 Å². The Morgan fingerprint density at radius 2 is 2.04 bits per heavy atom. The van der Waals surface area contributed by atoms with Crippen molar-refractivity contribution in [1.29, 1.82) is 0 Å². The maximum Gasteiger partial charge on any atom is 0.434 e. The summed E-state index contributed by atoms with van der Waals surface area (Å²) in [4.78, 5) is 7.57. The van der Waals surface area contributed by atoms with Crippen molar-refractivity contribution in [1.82, 2.24) is 15.6 Å². The molecule has 0 bridgehead atoms. The summed E-state index contributed by atoms with van der Waals surface area (Å²) in [5.74, 6) is -0.0253. The number of rotatable bonds is 5. The molecule has 0 spiro atoms. The summed E-state index contributed by atoms with van der Waals surface area (Å²) >= 11 is 6.68. The molecule has 11 heteroatoms. The monoisotopic (exact) mass is 522 g/mol. The van der Waals surface area contributed by atoms with Crippen molar-refractivity contribution in [3.8, 4) is 0 Å². The maximum absolute atomic E-state index is 13.1. The van der Waals surface area contributed by atoms with Gasteiger partial charge in [0.25, 0.3) is 0 Å². The fourth-order valence-corrected chi connectivity index (χ4v) is 2.91. The Morgan fingerprint density at radius 1 is 1.31 bits per heavy atom. The van der Waals surface area contributed by atoms with E-state index < -0.39 is 17.7 Å². The first-order valence-corrected chi connectivity index (χ1v) is 8.45. The molecule has 4 nitrogen and oxygen atoms in total. The number of guanidine groups is 1. The summed E-state index contributed by atoms with van der Waals surface area (Å²) in [5, 5.41) is 7.41. The zero-order valence-electron chi connectivity index (χ0n) is 13.5. The van der Waals surface area contributed by atoms with E-state index in [0.29, 0.717) is 30.5 Å². The lowest BCUT2D eigenvalue weighted by Gasteiger charge is -2.11. The highest BCUT2D eigenvalue weighted by Gasteiger charge is 2.33. The molecule has 0 radical (unpaired) electrons. The van der Waals surface area contributed by atoms with Crippen LogP contribution in [0.2, 0.25) is 5.02 Å². The molecule has 0 aliphatic rings. The maximum atomic E-state index is 13.1. The fourth-order valence-electron chi connectivity index (χ4n) is 1.90. The first-order chi connectivity index (χ1) is 11.8. The molecule has 0 atom stereocenters. The smallest absolute Gasteiger partial charge is 0.356 e. The Morgan fingerprint density at radius 3 is 2.62 bits per heavy atom. The van der Waals surface area contributed by atoms with Crippen LogP contribution in [-0.2, 0) is 19.1 Å². The molecule has 2 rings (SSSR count). The van der Waals surface area contributed by atoms with Crippen molar-refractivity contribution in [3.63, 3.8) is 0 Å². The summed E-state index contributed by atoms with van der Waals surface area (Å²) in [7, 11) is 1.57. The van der Waals surface area contributed by atoms with Gasteiger partial charge in [0, 0.05) is 31.9 Å². The second-order valence-corrected chi connectivity index (χ2v) is 6.33. The minimum absolute atomic E-state index is 0. The number of halogens is 6. The van der Waals surface area contributed by atoms with Gasteiger partial charge in [-0.1, -0.05) is 17.7 Å². The third-order valence-electron chi connectivity index (χ3n) is 3.14. The third kappa shape index (κ3) is 6.88. The molecule has 2 aromatic rings. The Bertz CT molecular complexity index is 751. The zero-order chi connectivity index (χ0) is 18.4. The van der Waals surface area contributed by atoms with E-state index >= 15 is 0 Å². The minimum atomic E-state index is -4.42. The van der Waals surface area contributed by atoms with E-state index in [-0.39, 0.29) is 29.0 Å². The number of nitrogens with one attached hydrogen (secondary N) is 2. The number of aromatic nitrogens is 1. The SMILES string of the molecule is CN=C(NCCc1nc(C(F)(F)F)cs1)NCc1ccc(F)c(Cl)c1.I. The van der Waals surface area contributed by atoms with Crippen LogP contribution in [0.4, 0.5) is 17.6 Å². The summed E-state index contributed by atoms with van der Waals surface area (Å²) in [6.45, 7) is 0.740. The standard InChI is InChI=1S/C15H15ClF4N4S.HI/c1-21-14(23-7-9-2-3-11(17)10(16)6-9)22-5-4-13-24-12(8-25-13)15(18,19)20;/h2-3,6,8H,4-5,7H2,1H3,(H2,21,22,23);1H. The molecule has 144 valence electrons. The molecule has 0 unspecified atom stereocenters. The first kappa shape index (κ1) is 22.9. The minimum Gasteiger partial charge on any atom is -0.356 e. The van der Waals surface area contributed by atoms with Gasteiger partial charge in [-0.05, 0) is 17.7 Å². The average molecular weight is 523 g/mol. The highest BCUT2D eigenvalue weighted by atomic mass is 127. The quantitative estimate of drug-likeness (QED) is 0.264. The van der Waals surface area contributed by atoms with Crippen LogP contribution in [0.5, 0.6) is 0 Å². The predicted octanol–water partition coefficient (Wildman–Crippen LogP) is 4.48. The van der Waals surface area contributed by atoms with Gasteiger partial charge >= 0.3 is 6.18 Å². The molecule has 2 N–H and O–H groups in total. The second-order valence-electron chi connectivity index (χ2n) is 4.98. The van der Waals surface area contributed by atoms with Gasteiger partial charge in [-0.25, -0.2) is 9.37 Å². The van der Waals surface area contributed by atoms with E-state index in [4.69, 9.17) is 11.6 Å². The number of nitrogens with zero attached hydrogens (tertiary/aromatic N) is 2. The van der Waals surface area contributed by atoms with Crippen molar-refractivity contribution in [2.75, 3.05) is 13.6 Å². The molecular formula is C15H16ClF4IN4S. The normalized spacial score (nSPS) is 11.8. The molecule has 1 heterocycles. The van der Waals surface area contributed by atoms with Crippen LogP contribution in [0.15, 0.2) is 28.6 Å². The summed E-state index contributed by atoms with van der Waals surface area (Å²) in [6, 6.07) is 4.37. The number of alkyl halides is 3.